The Kier molecular flexibility index (Phi) is 4.88. The largest absolute Gasteiger partial charge is 0.392 e. The molecule has 1 rings (SSSR count). The fourth-order valence-corrected chi connectivity index (χ4v) is 3.95. The number of nitrogens with zero attached hydrogens (tertiary/aromatic N) is 2. The van der Waals surface area contributed by atoms with E-state index >= 15 is 0 Å². The summed E-state index contributed by atoms with van der Waals surface area (Å²) in [5.41, 5.74) is 5.50. The Morgan fingerprint density at radius 3 is 2.59 bits per heavy atom. The zero-order valence-corrected chi connectivity index (χ0v) is 12.2. The molecule has 5 nitrogen and oxygen atoms in total. The lowest BCUT2D eigenvalue weighted by Crippen LogP contribution is -2.53. The van der Waals surface area contributed by atoms with Gasteiger partial charge in [0.25, 0.3) is 10.2 Å². The van der Waals surface area contributed by atoms with Crippen LogP contribution < -0.4 is 5.73 Å². The van der Waals surface area contributed by atoms with Crippen molar-refractivity contribution in [3.8, 4) is 0 Å². The van der Waals surface area contributed by atoms with Crippen molar-refractivity contribution in [1.29, 1.82) is 0 Å². The van der Waals surface area contributed by atoms with Gasteiger partial charge in [-0.05, 0) is 26.7 Å². The molecule has 0 saturated carbocycles. The Morgan fingerprint density at radius 1 is 1.53 bits per heavy atom. The van der Waals surface area contributed by atoms with Crippen LogP contribution in [-0.2, 0) is 10.2 Å². The van der Waals surface area contributed by atoms with Gasteiger partial charge in [0.05, 0.1) is 11.0 Å². The maximum absolute atomic E-state index is 12.4. The van der Waals surface area contributed by atoms with Crippen molar-refractivity contribution in [3.63, 3.8) is 0 Å². The SMILES string of the molecule is CC(C(N)=S)N(C)S(=O)(=O)N1CCCCC1C. The van der Waals surface area contributed by atoms with Crippen LogP contribution in [0.4, 0.5) is 0 Å². The lowest BCUT2D eigenvalue weighted by molar-refractivity contribution is 0.248. The number of hydrogen-bond donors (Lipinski definition) is 1. The average Bonchev–Trinajstić information content (AvgIpc) is 2.27. The summed E-state index contributed by atoms with van der Waals surface area (Å²) in [6.07, 6.45) is 2.91. The van der Waals surface area contributed by atoms with Crippen LogP contribution in [0.3, 0.4) is 0 Å². The average molecular weight is 279 g/mol. The fraction of sp³-hybridized carbons (Fsp3) is 0.900. The summed E-state index contributed by atoms with van der Waals surface area (Å²) in [6, 6.07) is -0.404. The Hall–Kier alpha value is -0.240. The predicted molar refractivity (Wildman–Crippen MR) is 72.9 cm³/mol. The number of likely N-dealkylation sites (N-methyl/N-ethyl adjacent to an activating group) is 1. The Morgan fingerprint density at radius 2 is 2.12 bits per heavy atom. The Balaban J connectivity index is 2.89. The van der Waals surface area contributed by atoms with Gasteiger partial charge in [-0.15, -0.1) is 0 Å². The number of nitrogens with two attached hydrogens (primary N) is 1. The first-order valence-electron chi connectivity index (χ1n) is 5.82. The second kappa shape index (κ2) is 5.60. The van der Waals surface area contributed by atoms with Crippen molar-refractivity contribution >= 4 is 27.4 Å². The molecular formula is C10H21N3O2S2. The Labute approximate surface area is 109 Å². The molecule has 0 aromatic rings. The van der Waals surface area contributed by atoms with Crippen molar-refractivity contribution in [2.24, 2.45) is 5.73 Å². The van der Waals surface area contributed by atoms with Gasteiger partial charge in [-0.2, -0.15) is 17.0 Å². The molecule has 1 aliphatic heterocycles. The van der Waals surface area contributed by atoms with E-state index in [0.717, 1.165) is 19.3 Å². The Bertz CT molecular complexity index is 383. The summed E-state index contributed by atoms with van der Waals surface area (Å²) in [5.74, 6) is 0. The van der Waals surface area contributed by atoms with Crippen LogP contribution in [-0.4, -0.2) is 47.7 Å². The second-order valence-electron chi connectivity index (χ2n) is 4.56. The van der Waals surface area contributed by atoms with Gasteiger partial charge in [-0.25, -0.2) is 0 Å². The number of rotatable bonds is 4. The molecule has 0 aromatic carbocycles. The van der Waals surface area contributed by atoms with E-state index < -0.39 is 16.3 Å². The second-order valence-corrected chi connectivity index (χ2v) is 6.97. The third-order valence-electron chi connectivity index (χ3n) is 3.36. The summed E-state index contributed by atoms with van der Waals surface area (Å²) in [5, 5.41) is 0. The highest BCUT2D eigenvalue weighted by Crippen LogP contribution is 2.22. The quantitative estimate of drug-likeness (QED) is 0.770. The lowest BCUT2D eigenvalue weighted by atomic mass is 10.1. The molecule has 0 aromatic heterocycles. The summed E-state index contributed by atoms with van der Waals surface area (Å²) < 4.78 is 27.6. The van der Waals surface area contributed by atoms with Gasteiger partial charge >= 0.3 is 0 Å². The normalized spacial score (nSPS) is 24.8. The minimum Gasteiger partial charge on any atom is -0.392 e. The van der Waals surface area contributed by atoms with Gasteiger partial charge in [-0.3, -0.25) is 0 Å². The summed E-state index contributed by atoms with van der Waals surface area (Å²) >= 11 is 4.85. The minimum absolute atomic E-state index is 0.0507. The van der Waals surface area contributed by atoms with Crippen molar-refractivity contribution < 1.29 is 8.42 Å². The third kappa shape index (κ3) is 3.15. The topological polar surface area (TPSA) is 66.6 Å². The highest BCUT2D eigenvalue weighted by Gasteiger charge is 2.35. The van der Waals surface area contributed by atoms with Crippen LogP contribution in [0.5, 0.6) is 0 Å². The maximum atomic E-state index is 12.4. The zero-order chi connectivity index (χ0) is 13.2. The highest BCUT2D eigenvalue weighted by molar-refractivity contribution is 7.87. The van der Waals surface area contributed by atoms with Crippen molar-refractivity contribution in [2.45, 2.75) is 45.2 Å². The molecule has 2 atom stereocenters. The molecule has 1 aliphatic rings. The van der Waals surface area contributed by atoms with E-state index in [1.807, 2.05) is 6.92 Å². The van der Waals surface area contributed by atoms with Crippen LogP contribution in [0, 0.1) is 0 Å². The van der Waals surface area contributed by atoms with Gasteiger partial charge in [0.1, 0.15) is 0 Å². The molecule has 7 heteroatoms. The summed E-state index contributed by atoms with van der Waals surface area (Å²) in [7, 11) is -1.93. The van der Waals surface area contributed by atoms with Gasteiger partial charge in [0.15, 0.2) is 0 Å². The van der Waals surface area contributed by atoms with Crippen molar-refractivity contribution in [1.82, 2.24) is 8.61 Å². The monoisotopic (exact) mass is 279 g/mol. The summed E-state index contributed by atoms with van der Waals surface area (Å²) in [4.78, 5) is 0.195. The van der Waals surface area contributed by atoms with Crippen molar-refractivity contribution in [3.05, 3.63) is 0 Å². The van der Waals surface area contributed by atoms with E-state index in [4.69, 9.17) is 18.0 Å². The van der Waals surface area contributed by atoms with E-state index in [1.165, 1.54) is 11.4 Å². The first kappa shape index (κ1) is 14.8. The highest BCUT2D eigenvalue weighted by atomic mass is 32.2. The molecule has 0 bridgehead atoms. The molecule has 100 valence electrons. The molecule has 0 radical (unpaired) electrons. The number of piperidine rings is 1. The molecule has 2 N–H and O–H groups in total. The number of hydrogen-bond acceptors (Lipinski definition) is 3. The molecule has 0 aliphatic carbocycles. The van der Waals surface area contributed by atoms with E-state index in [9.17, 15) is 8.42 Å². The lowest BCUT2D eigenvalue weighted by Gasteiger charge is -2.36. The third-order valence-corrected chi connectivity index (χ3v) is 5.88. The molecule has 1 saturated heterocycles. The van der Waals surface area contributed by atoms with E-state index in [-0.39, 0.29) is 11.0 Å². The molecule has 1 heterocycles. The van der Waals surface area contributed by atoms with E-state index in [2.05, 4.69) is 0 Å². The standard InChI is InChI=1S/C10H21N3O2S2/c1-8-6-4-5-7-13(8)17(14,15)12(3)9(2)10(11)16/h8-9H,4-7H2,1-3H3,(H2,11,16). The van der Waals surface area contributed by atoms with E-state index in [0.29, 0.717) is 6.54 Å². The predicted octanol–water partition coefficient (Wildman–Crippen LogP) is 0.712. The van der Waals surface area contributed by atoms with Crippen molar-refractivity contribution in [2.75, 3.05) is 13.6 Å². The maximum Gasteiger partial charge on any atom is 0.282 e. The smallest absolute Gasteiger partial charge is 0.282 e. The molecular weight excluding hydrogens is 258 g/mol. The number of thiocarbonyl (C=S) groups is 1. The molecule has 17 heavy (non-hydrogen) atoms. The van der Waals surface area contributed by atoms with Gasteiger partial charge in [0, 0.05) is 19.6 Å². The van der Waals surface area contributed by atoms with Gasteiger partial charge in [-0.1, -0.05) is 18.6 Å². The first-order valence-corrected chi connectivity index (χ1v) is 7.63. The van der Waals surface area contributed by atoms with Gasteiger partial charge < -0.3 is 5.73 Å². The molecule has 0 amide bonds. The minimum atomic E-state index is -3.46. The fourth-order valence-electron chi connectivity index (χ4n) is 1.96. The van der Waals surface area contributed by atoms with Crippen LogP contribution >= 0.6 is 12.2 Å². The van der Waals surface area contributed by atoms with Crippen LogP contribution in [0.15, 0.2) is 0 Å². The zero-order valence-electron chi connectivity index (χ0n) is 10.6. The van der Waals surface area contributed by atoms with Crippen LogP contribution in [0.2, 0.25) is 0 Å². The molecule has 1 fully saturated rings. The van der Waals surface area contributed by atoms with Gasteiger partial charge in [0.2, 0.25) is 0 Å². The molecule has 2 unspecified atom stereocenters. The summed E-state index contributed by atoms with van der Waals surface area (Å²) in [6.45, 7) is 4.22. The first-order chi connectivity index (χ1) is 7.78. The van der Waals surface area contributed by atoms with Crippen LogP contribution in [0.1, 0.15) is 33.1 Å². The van der Waals surface area contributed by atoms with E-state index in [1.54, 1.807) is 11.2 Å². The molecule has 0 spiro atoms. The van der Waals surface area contributed by atoms with Crippen LogP contribution in [0.25, 0.3) is 0 Å².